The molecule has 19 heavy (non-hydrogen) atoms. The summed E-state index contributed by atoms with van der Waals surface area (Å²) in [5.74, 6) is 0.766. The standard InChI is InChI=1S/C15H19N3S/c1-11-10-19-15(18-11)14-8-12(4-6-17-14)7-13-3-2-5-16-9-13/h4,6,8,10,13,16H,2-3,5,7,9H2,1H3/t13-/m1/s1. The molecule has 2 aromatic heterocycles. The SMILES string of the molecule is Cc1csc(-c2cc(C[C@H]3CCCNC3)ccn2)n1. The van der Waals surface area contributed by atoms with Crippen molar-refractivity contribution in [3.8, 4) is 10.7 Å². The summed E-state index contributed by atoms with van der Waals surface area (Å²) in [7, 11) is 0. The lowest BCUT2D eigenvalue weighted by atomic mass is 9.92. The van der Waals surface area contributed by atoms with E-state index >= 15 is 0 Å². The van der Waals surface area contributed by atoms with Gasteiger partial charge in [0.15, 0.2) is 0 Å². The van der Waals surface area contributed by atoms with E-state index in [0.717, 1.165) is 35.3 Å². The van der Waals surface area contributed by atoms with E-state index in [2.05, 4.69) is 32.8 Å². The van der Waals surface area contributed by atoms with Crippen LogP contribution in [0.3, 0.4) is 0 Å². The number of rotatable bonds is 3. The van der Waals surface area contributed by atoms with Crippen molar-refractivity contribution in [2.24, 2.45) is 5.92 Å². The van der Waals surface area contributed by atoms with Crippen LogP contribution in [0.1, 0.15) is 24.1 Å². The Morgan fingerprint density at radius 3 is 3.16 bits per heavy atom. The minimum absolute atomic E-state index is 0.766. The van der Waals surface area contributed by atoms with Crippen molar-refractivity contribution in [1.82, 2.24) is 15.3 Å². The number of piperidine rings is 1. The van der Waals surface area contributed by atoms with Gasteiger partial charge in [0, 0.05) is 17.3 Å². The van der Waals surface area contributed by atoms with Crippen molar-refractivity contribution in [3.05, 3.63) is 35.0 Å². The molecule has 0 radical (unpaired) electrons. The second kappa shape index (κ2) is 5.80. The second-order valence-corrected chi connectivity index (χ2v) is 6.12. The summed E-state index contributed by atoms with van der Waals surface area (Å²) >= 11 is 1.67. The highest BCUT2D eigenvalue weighted by Gasteiger charge is 2.14. The van der Waals surface area contributed by atoms with Crippen LogP contribution in [0.25, 0.3) is 10.7 Å². The highest BCUT2D eigenvalue weighted by molar-refractivity contribution is 7.13. The van der Waals surface area contributed by atoms with E-state index in [9.17, 15) is 0 Å². The maximum absolute atomic E-state index is 4.51. The Morgan fingerprint density at radius 2 is 2.42 bits per heavy atom. The van der Waals surface area contributed by atoms with Crippen LogP contribution in [0.15, 0.2) is 23.7 Å². The van der Waals surface area contributed by atoms with Crippen LogP contribution in [0.4, 0.5) is 0 Å². The summed E-state index contributed by atoms with van der Waals surface area (Å²) in [5.41, 5.74) is 3.47. The molecule has 4 heteroatoms. The van der Waals surface area contributed by atoms with E-state index in [1.807, 2.05) is 13.1 Å². The van der Waals surface area contributed by atoms with E-state index in [1.54, 1.807) is 11.3 Å². The monoisotopic (exact) mass is 273 g/mol. The highest BCUT2D eigenvalue weighted by Crippen LogP contribution is 2.24. The molecule has 0 aliphatic carbocycles. The van der Waals surface area contributed by atoms with Gasteiger partial charge in [-0.3, -0.25) is 4.98 Å². The number of hydrogen-bond donors (Lipinski definition) is 1. The van der Waals surface area contributed by atoms with Gasteiger partial charge in [-0.1, -0.05) is 0 Å². The van der Waals surface area contributed by atoms with E-state index in [-0.39, 0.29) is 0 Å². The minimum Gasteiger partial charge on any atom is -0.316 e. The Labute approximate surface area is 118 Å². The Balaban J connectivity index is 1.75. The average molecular weight is 273 g/mol. The van der Waals surface area contributed by atoms with Gasteiger partial charge >= 0.3 is 0 Å². The first-order chi connectivity index (χ1) is 9.31. The third-order valence-electron chi connectivity index (χ3n) is 3.59. The van der Waals surface area contributed by atoms with Gasteiger partial charge in [-0.15, -0.1) is 11.3 Å². The summed E-state index contributed by atoms with van der Waals surface area (Å²) in [6.07, 6.45) is 5.69. The zero-order valence-corrected chi connectivity index (χ0v) is 12.0. The lowest BCUT2D eigenvalue weighted by Gasteiger charge is -2.22. The van der Waals surface area contributed by atoms with Crippen LogP contribution in [0.2, 0.25) is 0 Å². The first-order valence-electron chi connectivity index (χ1n) is 6.89. The second-order valence-electron chi connectivity index (χ2n) is 5.26. The fourth-order valence-corrected chi connectivity index (χ4v) is 3.39. The van der Waals surface area contributed by atoms with Crippen molar-refractivity contribution in [2.45, 2.75) is 26.2 Å². The number of hydrogen-bond acceptors (Lipinski definition) is 4. The van der Waals surface area contributed by atoms with Crippen LogP contribution in [0.5, 0.6) is 0 Å². The zero-order chi connectivity index (χ0) is 13.1. The van der Waals surface area contributed by atoms with Crippen LogP contribution in [-0.2, 0) is 6.42 Å². The van der Waals surface area contributed by atoms with Gasteiger partial charge in [-0.2, -0.15) is 0 Å². The Kier molecular flexibility index (Phi) is 3.89. The molecular weight excluding hydrogens is 254 g/mol. The molecular formula is C15H19N3S. The molecule has 3 heterocycles. The lowest BCUT2D eigenvalue weighted by molar-refractivity contribution is 0.376. The molecule has 0 spiro atoms. The number of aryl methyl sites for hydroxylation is 1. The van der Waals surface area contributed by atoms with Gasteiger partial charge in [0.25, 0.3) is 0 Å². The van der Waals surface area contributed by atoms with Crippen LogP contribution in [0, 0.1) is 12.8 Å². The van der Waals surface area contributed by atoms with Gasteiger partial charge in [0.05, 0.1) is 5.69 Å². The molecule has 1 fully saturated rings. The highest BCUT2D eigenvalue weighted by atomic mass is 32.1. The zero-order valence-electron chi connectivity index (χ0n) is 11.2. The quantitative estimate of drug-likeness (QED) is 0.934. The molecule has 0 amide bonds. The van der Waals surface area contributed by atoms with Gasteiger partial charge < -0.3 is 5.32 Å². The first-order valence-corrected chi connectivity index (χ1v) is 7.77. The molecule has 0 unspecified atom stereocenters. The summed E-state index contributed by atoms with van der Waals surface area (Å²) in [6, 6.07) is 4.34. The van der Waals surface area contributed by atoms with Gasteiger partial charge in [-0.05, 0) is 62.9 Å². The minimum atomic E-state index is 0.766. The van der Waals surface area contributed by atoms with Crippen molar-refractivity contribution < 1.29 is 0 Å². The molecule has 0 aromatic carbocycles. The number of nitrogens with one attached hydrogen (secondary N) is 1. The average Bonchev–Trinajstić information content (AvgIpc) is 2.87. The maximum Gasteiger partial charge on any atom is 0.142 e. The van der Waals surface area contributed by atoms with Crippen LogP contribution in [-0.4, -0.2) is 23.1 Å². The number of pyridine rings is 1. The van der Waals surface area contributed by atoms with E-state index < -0.39 is 0 Å². The van der Waals surface area contributed by atoms with Crippen molar-refractivity contribution in [1.29, 1.82) is 0 Å². The Bertz CT molecular complexity index is 544. The van der Waals surface area contributed by atoms with Gasteiger partial charge in [0.2, 0.25) is 0 Å². The number of nitrogens with zero attached hydrogens (tertiary/aromatic N) is 2. The molecule has 100 valence electrons. The summed E-state index contributed by atoms with van der Waals surface area (Å²) in [6.45, 7) is 4.35. The molecule has 2 aromatic rings. The van der Waals surface area contributed by atoms with E-state index in [4.69, 9.17) is 0 Å². The molecule has 0 saturated carbocycles. The third-order valence-corrected chi connectivity index (χ3v) is 4.57. The maximum atomic E-state index is 4.51. The molecule has 1 saturated heterocycles. The number of aromatic nitrogens is 2. The van der Waals surface area contributed by atoms with Crippen LogP contribution < -0.4 is 5.32 Å². The van der Waals surface area contributed by atoms with Crippen molar-refractivity contribution in [3.63, 3.8) is 0 Å². The van der Waals surface area contributed by atoms with Crippen LogP contribution >= 0.6 is 11.3 Å². The van der Waals surface area contributed by atoms with Crippen molar-refractivity contribution in [2.75, 3.05) is 13.1 Å². The fraction of sp³-hybridized carbons (Fsp3) is 0.467. The molecule has 1 N–H and O–H groups in total. The molecule has 3 nitrogen and oxygen atoms in total. The summed E-state index contributed by atoms with van der Waals surface area (Å²) in [4.78, 5) is 8.96. The normalized spacial score (nSPS) is 19.5. The molecule has 3 rings (SSSR count). The Hall–Kier alpha value is -1.26. The first kappa shape index (κ1) is 12.8. The van der Waals surface area contributed by atoms with Gasteiger partial charge in [0.1, 0.15) is 5.01 Å². The Morgan fingerprint density at radius 1 is 1.47 bits per heavy atom. The lowest BCUT2D eigenvalue weighted by Crippen LogP contribution is -2.30. The van der Waals surface area contributed by atoms with Gasteiger partial charge in [-0.25, -0.2) is 4.98 Å². The molecule has 1 aliphatic rings. The van der Waals surface area contributed by atoms with E-state index in [1.165, 1.54) is 24.9 Å². The predicted molar refractivity (Wildman–Crippen MR) is 79.4 cm³/mol. The molecule has 1 aliphatic heterocycles. The summed E-state index contributed by atoms with van der Waals surface area (Å²) in [5, 5.41) is 6.59. The fourth-order valence-electron chi connectivity index (χ4n) is 2.62. The van der Waals surface area contributed by atoms with E-state index in [0.29, 0.717) is 0 Å². The topological polar surface area (TPSA) is 37.8 Å². The predicted octanol–water partition coefficient (Wildman–Crippen LogP) is 3.06. The smallest absolute Gasteiger partial charge is 0.142 e. The van der Waals surface area contributed by atoms with Crippen molar-refractivity contribution >= 4 is 11.3 Å². The molecule has 1 atom stereocenters. The largest absolute Gasteiger partial charge is 0.316 e. The third kappa shape index (κ3) is 3.19. The summed E-state index contributed by atoms with van der Waals surface area (Å²) < 4.78 is 0. The number of thiazole rings is 1. The molecule has 0 bridgehead atoms.